The fourth-order valence-corrected chi connectivity index (χ4v) is 4.57. The molecule has 2 aliphatic rings. The summed E-state index contributed by atoms with van der Waals surface area (Å²) in [5.74, 6) is 0.996. The molecule has 2 unspecified atom stereocenters. The van der Waals surface area contributed by atoms with Gasteiger partial charge >= 0.3 is 0 Å². The molecule has 2 atom stereocenters. The predicted octanol–water partition coefficient (Wildman–Crippen LogP) is 6.47. The zero-order chi connectivity index (χ0) is 16.1. The van der Waals surface area contributed by atoms with Gasteiger partial charge in [0.2, 0.25) is 0 Å². The van der Waals surface area contributed by atoms with Crippen LogP contribution in [0.4, 0.5) is 0 Å². The largest absolute Gasteiger partial charge is 0.0805 e. The van der Waals surface area contributed by atoms with E-state index in [2.05, 4.69) is 85.8 Å². The smallest absolute Gasteiger partial charge is 0.0165 e. The monoisotopic (exact) mass is 308 g/mol. The van der Waals surface area contributed by atoms with Gasteiger partial charge in [0.15, 0.2) is 0 Å². The maximum atomic E-state index is 2.39. The lowest BCUT2D eigenvalue weighted by atomic mass is 9.80. The van der Waals surface area contributed by atoms with Crippen molar-refractivity contribution in [2.75, 3.05) is 0 Å². The Morgan fingerprint density at radius 3 is 2.58 bits per heavy atom. The van der Waals surface area contributed by atoms with Crippen molar-refractivity contribution in [2.45, 2.75) is 19.3 Å². The second kappa shape index (κ2) is 5.21. The molecule has 3 aromatic rings. The molecule has 24 heavy (non-hydrogen) atoms. The Balaban J connectivity index is 1.78. The minimum atomic E-state index is 0.465. The fourth-order valence-electron chi connectivity index (χ4n) is 4.57. The average Bonchev–Trinajstić information content (AvgIpc) is 3.27. The van der Waals surface area contributed by atoms with Crippen molar-refractivity contribution in [1.29, 1.82) is 0 Å². The van der Waals surface area contributed by atoms with E-state index in [9.17, 15) is 0 Å². The molecule has 0 radical (unpaired) electrons. The summed E-state index contributed by atoms with van der Waals surface area (Å²) < 4.78 is 0. The summed E-state index contributed by atoms with van der Waals surface area (Å²) in [4.78, 5) is 0. The minimum absolute atomic E-state index is 0.465. The summed E-state index contributed by atoms with van der Waals surface area (Å²) in [6.45, 7) is 2.39. The summed E-state index contributed by atoms with van der Waals surface area (Å²) in [6, 6.07) is 22.4. The summed E-state index contributed by atoms with van der Waals surface area (Å²) in [7, 11) is 0. The highest BCUT2D eigenvalue weighted by atomic mass is 14.4. The van der Waals surface area contributed by atoms with Gasteiger partial charge in [-0.1, -0.05) is 91.4 Å². The van der Waals surface area contributed by atoms with Crippen molar-refractivity contribution < 1.29 is 0 Å². The van der Waals surface area contributed by atoms with E-state index in [1.54, 1.807) is 5.57 Å². The molecule has 0 saturated heterocycles. The molecule has 116 valence electrons. The molecule has 0 heteroatoms. The van der Waals surface area contributed by atoms with E-state index in [1.165, 1.54) is 33.0 Å². The first-order valence-electron chi connectivity index (χ1n) is 8.81. The van der Waals surface area contributed by atoms with Crippen LogP contribution in [0.2, 0.25) is 0 Å². The van der Waals surface area contributed by atoms with Crippen LogP contribution in [0.25, 0.3) is 21.9 Å². The number of hydrogen-bond donors (Lipinski definition) is 0. The van der Waals surface area contributed by atoms with Crippen LogP contribution in [-0.2, 0) is 0 Å². The highest BCUT2D eigenvalue weighted by molar-refractivity contribution is 6.01. The molecule has 0 aliphatic heterocycles. The van der Waals surface area contributed by atoms with Gasteiger partial charge in [0, 0.05) is 5.92 Å². The zero-order valence-corrected chi connectivity index (χ0v) is 13.9. The lowest BCUT2D eigenvalue weighted by Gasteiger charge is -2.23. The number of rotatable bonds is 2. The van der Waals surface area contributed by atoms with Crippen LogP contribution in [0.1, 0.15) is 30.4 Å². The van der Waals surface area contributed by atoms with Crippen molar-refractivity contribution in [1.82, 2.24) is 0 Å². The average molecular weight is 308 g/mol. The molecule has 5 rings (SSSR count). The van der Waals surface area contributed by atoms with Crippen LogP contribution in [0, 0.1) is 5.92 Å². The zero-order valence-electron chi connectivity index (χ0n) is 13.9. The van der Waals surface area contributed by atoms with Gasteiger partial charge in [-0.25, -0.2) is 0 Å². The molecule has 2 aliphatic carbocycles. The first-order valence-corrected chi connectivity index (χ1v) is 8.81. The Morgan fingerprint density at radius 2 is 1.71 bits per heavy atom. The van der Waals surface area contributed by atoms with Gasteiger partial charge in [-0.3, -0.25) is 0 Å². The third-order valence-corrected chi connectivity index (χ3v) is 5.75. The molecule has 0 saturated carbocycles. The van der Waals surface area contributed by atoms with Crippen LogP contribution in [0.5, 0.6) is 0 Å². The molecule has 0 amide bonds. The molecular formula is C24H20. The van der Waals surface area contributed by atoms with Crippen LogP contribution in [0.3, 0.4) is 0 Å². The summed E-state index contributed by atoms with van der Waals surface area (Å²) in [5.41, 5.74) is 7.41. The van der Waals surface area contributed by atoms with E-state index in [0.29, 0.717) is 11.8 Å². The van der Waals surface area contributed by atoms with E-state index in [-0.39, 0.29) is 0 Å². The number of fused-ring (bicyclic) bond motifs is 5. The van der Waals surface area contributed by atoms with Crippen LogP contribution < -0.4 is 0 Å². The molecule has 0 aromatic heterocycles. The van der Waals surface area contributed by atoms with E-state index in [4.69, 9.17) is 0 Å². The molecule has 0 heterocycles. The van der Waals surface area contributed by atoms with E-state index >= 15 is 0 Å². The maximum Gasteiger partial charge on any atom is 0.0165 e. The normalized spacial score (nSPS) is 19.2. The molecule has 0 spiro atoms. The minimum Gasteiger partial charge on any atom is -0.0805 e. The van der Waals surface area contributed by atoms with Gasteiger partial charge in [0.1, 0.15) is 0 Å². The van der Waals surface area contributed by atoms with E-state index < -0.39 is 0 Å². The summed E-state index contributed by atoms with van der Waals surface area (Å²) in [5, 5.41) is 2.72. The molecule has 0 nitrogen and oxygen atoms in total. The van der Waals surface area contributed by atoms with Gasteiger partial charge in [-0.2, -0.15) is 0 Å². The SMILES string of the molecule is CC(C1=CC=CC1)C1c2ccccc2-c2c1ccc1ccccc21. The van der Waals surface area contributed by atoms with Crippen molar-refractivity contribution >= 4 is 10.8 Å². The standard InChI is InChI=1S/C24H20/c1-16(17-8-2-3-9-17)23-20-12-6-7-13-21(20)24-19-11-5-4-10-18(19)14-15-22(23)24/h2-8,10-16,23H,9H2,1H3. The predicted molar refractivity (Wildman–Crippen MR) is 102 cm³/mol. The van der Waals surface area contributed by atoms with E-state index in [1.807, 2.05) is 0 Å². The molecular weight excluding hydrogens is 288 g/mol. The Hall–Kier alpha value is -2.60. The van der Waals surface area contributed by atoms with Gasteiger partial charge in [0.05, 0.1) is 0 Å². The molecule has 0 N–H and O–H groups in total. The van der Waals surface area contributed by atoms with Crippen molar-refractivity contribution in [2.24, 2.45) is 5.92 Å². The Morgan fingerprint density at radius 1 is 0.875 bits per heavy atom. The number of benzene rings is 3. The van der Waals surface area contributed by atoms with Gasteiger partial charge < -0.3 is 0 Å². The van der Waals surface area contributed by atoms with Gasteiger partial charge in [-0.05, 0) is 45.4 Å². The number of hydrogen-bond acceptors (Lipinski definition) is 0. The highest BCUT2D eigenvalue weighted by Crippen LogP contribution is 2.52. The second-order valence-electron chi connectivity index (χ2n) is 6.98. The third kappa shape index (κ3) is 1.86. The summed E-state index contributed by atoms with van der Waals surface area (Å²) >= 11 is 0. The first kappa shape index (κ1) is 13.8. The summed E-state index contributed by atoms with van der Waals surface area (Å²) in [6.07, 6.45) is 7.89. The van der Waals surface area contributed by atoms with E-state index in [0.717, 1.165) is 6.42 Å². The maximum absolute atomic E-state index is 2.39. The third-order valence-electron chi connectivity index (χ3n) is 5.75. The Kier molecular flexibility index (Phi) is 2.99. The molecule has 0 bridgehead atoms. The van der Waals surface area contributed by atoms with Crippen LogP contribution in [0.15, 0.2) is 84.5 Å². The Bertz CT molecular complexity index is 1000. The highest BCUT2D eigenvalue weighted by Gasteiger charge is 2.34. The van der Waals surface area contributed by atoms with Crippen molar-refractivity contribution in [3.8, 4) is 11.1 Å². The molecule has 0 fully saturated rings. The lowest BCUT2D eigenvalue weighted by molar-refractivity contribution is 0.593. The quantitative estimate of drug-likeness (QED) is 0.508. The molecule has 3 aromatic carbocycles. The first-order chi connectivity index (χ1) is 11.8. The Labute approximate surface area is 143 Å². The van der Waals surface area contributed by atoms with Gasteiger partial charge in [-0.15, -0.1) is 0 Å². The topological polar surface area (TPSA) is 0 Å². The second-order valence-corrected chi connectivity index (χ2v) is 6.98. The lowest BCUT2D eigenvalue weighted by Crippen LogP contribution is -2.10. The number of allylic oxidation sites excluding steroid dienone is 4. The van der Waals surface area contributed by atoms with Crippen LogP contribution in [-0.4, -0.2) is 0 Å². The van der Waals surface area contributed by atoms with Crippen molar-refractivity contribution in [3.63, 3.8) is 0 Å². The fraction of sp³-hybridized carbons (Fsp3) is 0.167. The van der Waals surface area contributed by atoms with Gasteiger partial charge in [0.25, 0.3) is 0 Å². The van der Waals surface area contributed by atoms with Crippen molar-refractivity contribution in [3.05, 3.63) is 95.6 Å². The van der Waals surface area contributed by atoms with Crippen LogP contribution >= 0.6 is 0 Å².